The number of fused-ring (bicyclic) bond motifs is 2. The molecular formula is C53H79N13O9S2. The quantitative estimate of drug-likeness (QED) is 0.0461. The summed E-state index contributed by atoms with van der Waals surface area (Å²) in [6.45, 7) is 3.61. The molecule has 1 aromatic carbocycles. The number of hydrogen-bond donors (Lipinski definition) is 9. The lowest BCUT2D eigenvalue weighted by atomic mass is 9.84. The Hall–Kier alpha value is -5.78. The summed E-state index contributed by atoms with van der Waals surface area (Å²) >= 11 is 1.84. The lowest BCUT2D eigenvalue weighted by Gasteiger charge is -2.31. The van der Waals surface area contributed by atoms with Crippen molar-refractivity contribution in [3.05, 3.63) is 41.7 Å². The van der Waals surface area contributed by atoms with E-state index in [4.69, 9.17) is 5.73 Å². The van der Waals surface area contributed by atoms with E-state index >= 15 is 0 Å². The molecule has 3 saturated carbocycles. The fraction of sp³-hybridized carbons (Fsp3) is 0.698. The summed E-state index contributed by atoms with van der Waals surface area (Å²) in [7, 11) is -3.91. The minimum absolute atomic E-state index is 0.0163. The van der Waals surface area contributed by atoms with Crippen LogP contribution in [0.4, 0.5) is 4.79 Å². The summed E-state index contributed by atoms with van der Waals surface area (Å²) in [5, 5.41) is 29.6. The number of benzene rings is 1. The van der Waals surface area contributed by atoms with E-state index in [2.05, 4.69) is 57.2 Å². The Morgan fingerprint density at radius 1 is 0.896 bits per heavy atom. The molecule has 5 fully saturated rings. The second-order valence-corrected chi connectivity index (χ2v) is 25.1. The largest absolute Gasteiger partial charge is 0.368 e. The molecule has 3 aliphatic carbocycles. The van der Waals surface area contributed by atoms with Gasteiger partial charge in [-0.15, -0.1) is 5.10 Å². The minimum Gasteiger partial charge on any atom is -0.368 e. The summed E-state index contributed by atoms with van der Waals surface area (Å²) in [5.74, 6) is -2.25. The molecule has 0 spiro atoms. The third-order valence-electron chi connectivity index (χ3n) is 16.3. The zero-order valence-electron chi connectivity index (χ0n) is 44.4. The third-order valence-corrected chi connectivity index (χ3v) is 19.2. The van der Waals surface area contributed by atoms with Gasteiger partial charge >= 0.3 is 6.03 Å². The smallest absolute Gasteiger partial charge is 0.315 e. The summed E-state index contributed by atoms with van der Waals surface area (Å²) in [6.07, 6.45) is 17.1. The average molecular weight is 1110 g/mol. The van der Waals surface area contributed by atoms with Gasteiger partial charge < -0.3 is 43.0 Å². The highest BCUT2D eigenvalue weighted by Crippen LogP contribution is 2.40. The van der Waals surface area contributed by atoms with Crippen LogP contribution in [0.3, 0.4) is 0 Å². The first-order chi connectivity index (χ1) is 37.1. The van der Waals surface area contributed by atoms with E-state index < -0.39 is 70.3 Å². The van der Waals surface area contributed by atoms with Gasteiger partial charge in [0, 0.05) is 54.2 Å². The number of thioether (sulfide) groups is 1. The monoisotopic (exact) mass is 1110 g/mol. The van der Waals surface area contributed by atoms with Crippen molar-refractivity contribution in [1.82, 2.24) is 56.9 Å². The van der Waals surface area contributed by atoms with Gasteiger partial charge in [0.15, 0.2) is 0 Å². The predicted octanol–water partition coefficient (Wildman–Crippen LogP) is 2.76. The second-order valence-electron chi connectivity index (χ2n) is 22.1. The van der Waals surface area contributed by atoms with E-state index in [1.54, 1.807) is 29.8 Å². The maximum absolute atomic E-state index is 14.3. The summed E-state index contributed by atoms with van der Waals surface area (Å²) in [4.78, 5) is 98.5. The van der Waals surface area contributed by atoms with Crippen molar-refractivity contribution in [3.8, 4) is 0 Å². The lowest BCUT2D eigenvalue weighted by molar-refractivity contribution is -0.134. The molecule has 77 heavy (non-hydrogen) atoms. The van der Waals surface area contributed by atoms with E-state index in [1.165, 1.54) is 38.2 Å². The number of nitrogens with one attached hydrogen (secondary N) is 8. The predicted molar refractivity (Wildman–Crippen MR) is 289 cm³/mol. The van der Waals surface area contributed by atoms with E-state index in [9.17, 15) is 42.0 Å². The molecule has 24 heteroatoms. The van der Waals surface area contributed by atoms with Gasteiger partial charge in [-0.05, 0) is 101 Å². The SMILES string of the molecule is CCC(C)C(N=C1NS(=O)(=O)c2ccccc21)C(=O)NC[C@@H](NC(=O)C1CCCC(NC(=O)C(C2CC2)n2cc(CC3CCCCC3)nn2)C1)C(=O)NC(CCCCNC(=O)CCCC[C@@H]1SCC2NC(=O)NC21)C(N)=O. The van der Waals surface area contributed by atoms with Crippen molar-refractivity contribution >= 4 is 69.1 Å². The van der Waals surface area contributed by atoms with Crippen molar-refractivity contribution < 1.29 is 42.0 Å². The van der Waals surface area contributed by atoms with E-state index in [0.717, 1.165) is 43.6 Å². The van der Waals surface area contributed by atoms with E-state index in [-0.39, 0.29) is 65.0 Å². The van der Waals surface area contributed by atoms with Gasteiger partial charge in [0.1, 0.15) is 30.0 Å². The Labute approximate surface area is 455 Å². The molecule has 0 radical (unpaired) electrons. The number of nitrogens with zero attached hydrogens (tertiary/aromatic N) is 4. The molecule has 0 bridgehead atoms. The maximum Gasteiger partial charge on any atom is 0.315 e. The van der Waals surface area contributed by atoms with Gasteiger partial charge in [-0.1, -0.05) is 82.6 Å². The Morgan fingerprint density at radius 3 is 2.45 bits per heavy atom. The van der Waals surface area contributed by atoms with Crippen LogP contribution in [0, 0.1) is 23.7 Å². The van der Waals surface area contributed by atoms with Gasteiger partial charge in [-0.2, -0.15) is 11.8 Å². The number of carbonyl (C=O) groups is 7. The summed E-state index contributed by atoms with van der Waals surface area (Å²) in [6, 6.07) is 2.02. The van der Waals surface area contributed by atoms with Gasteiger partial charge in [-0.25, -0.2) is 17.9 Å². The highest BCUT2D eigenvalue weighted by molar-refractivity contribution is 8.00. The Balaban J connectivity index is 0.871. The van der Waals surface area contributed by atoms with Gasteiger partial charge in [0.05, 0.1) is 22.7 Å². The van der Waals surface area contributed by atoms with Crippen molar-refractivity contribution in [1.29, 1.82) is 0 Å². The number of rotatable bonds is 27. The number of amides is 8. The number of amidine groups is 1. The Morgan fingerprint density at radius 2 is 1.69 bits per heavy atom. The maximum atomic E-state index is 14.3. The number of hydrogen-bond acceptors (Lipinski definition) is 13. The zero-order chi connectivity index (χ0) is 54.6. The molecule has 8 amide bonds. The molecule has 8 unspecified atom stereocenters. The van der Waals surface area contributed by atoms with Crippen molar-refractivity contribution in [2.24, 2.45) is 34.4 Å². The number of aromatic nitrogens is 3. The topological polar surface area (TPSA) is 319 Å². The number of nitrogens with two attached hydrogens (primary N) is 1. The summed E-state index contributed by atoms with van der Waals surface area (Å²) in [5.41, 5.74) is 7.04. The molecule has 3 aliphatic heterocycles. The lowest BCUT2D eigenvalue weighted by Crippen LogP contribution is -2.58. The number of carbonyl (C=O) groups excluding carboxylic acids is 7. The van der Waals surface area contributed by atoms with Gasteiger partial charge in [0.2, 0.25) is 35.4 Å². The van der Waals surface area contributed by atoms with Crippen LogP contribution in [0.15, 0.2) is 40.4 Å². The standard InChI is InChI=1S/C53H79N13O9S2/c1-3-31(2)44(61-48-37-18-7-9-21-42(37)77(74,75)64-48)51(71)56-28-39(50(70)58-38(47(54)68)19-11-12-25-55-43(67)22-10-8-20-41-45-40(30-76-41)60-53(73)62-45)59-49(69)34-16-13-17-35(27-34)57-52(72)46(33-23-24-33)66-29-36(63-65-66)26-32-14-5-4-6-15-32/h7,9,18,21,29,31-35,38-41,44-46H,3-6,8,10-17,19-20,22-28,30H2,1-2H3,(H2,54,68)(H,55,67)(H,56,71)(H,57,72)(H,58,70)(H,59,69)(H,61,64)(H2,60,62,73)/t31?,34?,35?,38?,39-,40?,41+,44?,45?,46?/m1/s1. The number of sulfonamides is 1. The summed E-state index contributed by atoms with van der Waals surface area (Å²) < 4.78 is 30.0. The molecule has 2 saturated heterocycles. The molecule has 422 valence electrons. The van der Waals surface area contributed by atoms with Gasteiger partial charge in [0.25, 0.3) is 10.0 Å². The van der Waals surface area contributed by atoms with Crippen LogP contribution in [0.25, 0.3) is 0 Å². The van der Waals surface area contributed by atoms with Crippen LogP contribution in [0.1, 0.15) is 153 Å². The van der Waals surface area contributed by atoms with E-state index in [1.807, 2.05) is 24.9 Å². The fourth-order valence-corrected chi connectivity index (χ4v) is 14.3. The third kappa shape index (κ3) is 15.5. The number of primary amides is 1. The van der Waals surface area contributed by atoms with Crippen molar-refractivity contribution in [2.45, 2.75) is 195 Å². The fourth-order valence-electron chi connectivity index (χ4n) is 11.5. The number of unbranched alkanes of at least 4 members (excludes halogenated alkanes) is 2. The first kappa shape index (κ1) is 57.4. The molecule has 8 rings (SSSR count). The number of aliphatic imine (C=N–C) groups is 1. The molecule has 4 heterocycles. The Bertz CT molecular complexity index is 2590. The molecule has 10 N–H and O–H groups in total. The van der Waals surface area contributed by atoms with Crippen LogP contribution in [0.2, 0.25) is 0 Å². The minimum atomic E-state index is -3.91. The molecule has 10 atom stereocenters. The zero-order valence-corrected chi connectivity index (χ0v) is 46.1. The van der Waals surface area contributed by atoms with Crippen LogP contribution >= 0.6 is 11.8 Å². The molecule has 2 aromatic rings. The average Bonchev–Trinajstić information content (AvgIpc) is 3.72. The molecular weight excluding hydrogens is 1030 g/mol. The van der Waals surface area contributed by atoms with Gasteiger partial charge in [-0.3, -0.25) is 38.5 Å². The molecule has 22 nitrogen and oxygen atoms in total. The highest BCUT2D eigenvalue weighted by atomic mass is 32.2. The number of urea groups is 1. The van der Waals surface area contributed by atoms with Crippen LogP contribution in [-0.2, 0) is 45.2 Å². The first-order valence-corrected chi connectivity index (χ1v) is 30.6. The normalized spacial score (nSPS) is 25.1. The van der Waals surface area contributed by atoms with Crippen LogP contribution in [0.5, 0.6) is 0 Å². The molecule has 6 aliphatic rings. The molecule has 1 aromatic heterocycles. The second kappa shape index (κ2) is 26.7. The van der Waals surface area contributed by atoms with E-state index in [0.29, 0.717) is 81.1 Å². The highest BCUT2D eigenvalue weighted by Gasteiger charge is 2.43. The Kier molecular flexibility index (Phi) is 19.9. The van der Waals surface area contributed by atoms with Crippen molar-refractivity contribution in [2.75, 3.05) is 18.8 Å². The van der Waals surface area contributed by atoms with Crippen molar-refractivity contribution in [3.63, 3.8) is 0 Å². The van der Waals surface area contributed by atoms with Crippen LogP contribution in [-0.4, -0.2) is 131 Å². The van der Waals surface area contributed by atoms with Crippen LogP contribution < -0.4 is 47.7 Å². The first-order valence-electron chi connectivity index (χ1n) is 28.1.